The molecule has 0 aliphatic rings. The van der Waals surface area contributed by atoms with Crippen molar-refractivity contribution >= 4 is 167 Å². The molecule has 0 heterocycles. The third-order valence-electron chi connectivity index (χ3n) is 3.75. The van der Waals surface area contributed by atoms with Crippen molar-refractivity contribution in [3.05, 3.63) is 0 Å². The molecule has 0 fully saturated rings. The first-order valence-corrected chi connectivity index (χ1v) is 27.1. The average molecular weight is 817 g/mol. The molecule has 0 saturated heterocycles. The fraction of sp³-hybridized carbons (Fsp3) is 0.864. The monoisotopic (exact) mass is 816 g/mol. The molecular formula is C22H40O6S13. The molecule has 1 atom stereocenters. The molecule has 242 valence electrons. The molecule has 0 aromatic rings. The van der Waals surface area contributed by atoms with Gasteiger partial charge in [0, 0.05) is 82.2 Å². The van der Waals surface area contributed by atoms with Gasteiger partial charge in [-0.25, -0.2) is 0 Å². The lowest BCUT2D eigenvalue weighted by molar-refractivity contribution is -0.109. The Morgan fingerprint density at radius 2 is 0.927 bits per heavy atom. The maximum Gasteiger partial charge on any atom is 0.199 e. The van der Waals surface area contributed by atoms with Gasteiger partial charge in [-0.1, -0.05) is 35.3 Å². The number of aliphatic hydroxyl groups is 2. The Bertz CT molecular complexity index is 678. The highest BCUT2D eigenvalue weighted by molar-refractivity contribution is 8.30. The summed E-state index contributed by atoms with van der Waals surface area (Å²) in [4.78, 5) is 35.5. The fourth-order valence-corrected chi connectivity index (χ4v) is 16.4. The minimum absolute atomic E-state index is 0.172. The summed E-state index contributed by atoms with van der Waals surface area (Å²) in [6.45, 7) is 0.362. The Morgan fingerprint density at radius 1 is 0.463 bits per heavy atom. The molecule has 0 bridgehead atoms. The topological polar surface area (TPSA) is 109 Å². The molecule has 6 nitrogen and oxygen atoms in total. The highest BCUT2D eigenvalue weighted by Gasteiger charge is 2.07. The zero-order valence-electron chi connectivity index (χ0n) is 22.8. The van der Waals surface area contributed by atoms with Crippen molar-refractivity contribution in [2.75, 3.05) is 107 Å². The van der Waals surface area contributed by atoms with Gasteiger partial charge in [-0.3, -0.25) is 18.6 Å². The molecular weight excluding hydrogens is 777 g/mol. The van der Waals surface area contributed by atoms with E-state index >= 15 is 0 Å². The molecule has 0 aliphatic carbocycles. The number of thioether (sulfide) groups is 12. The second kappa shape index (κ2) is 36.1. The third-order valence-corrected chi connectivity index (χ3v) is 20.0. The van der Waals surface area contributed by atoms with Gasteiger partial charge >= 0.3 is 0 Å². The van der Waals surface area contributed by atoms with E-state index in [1.165, 1.54) is 35.3 Å². The minimum Gasteiger partial charge on any atom is -0.396 e. The molecule has 1 unspecified atom stereocenters. The molecule has 0 spiro atoms. The Labute approximate surface area is 299 Å². The van der Waals surface area contributed by atoms with Crippen molar-refractivity contribution in [1.82, 2.24) is 0 Å². The first kappa shape index (κ1) is 44.3. The Balaban J connectivity index is 3.39. The largest absolute Gasteiger partial charge is 0.396 e. The van der Waals surface area contributed by atoms with Gasteiger partial charge in [-0.15, -0.1) is 70.6 Å². The molecule has 0 aromatic heterocycles. The van der Waals surface area contributed by atoms with Crippen LogP contribution >= 0.6 is 141 Å². The van der Waals surface area contributed by atoms with Gasteiger partial charge < -0.3 is 10.2 Å². The Kier molecular flexibility index (Phi) is 39.0. The third kappa shape index (κ3) is 36.0. The summed E-state index contributed by atoms with van der Waals surface area (Å²) in [5.41, 5.74) is 0. The number of hydrogen-bond donors (Lipinski definition) is 2. The lowest BCUT2D eigenvalue weighted by Crippen LogP contribution is -2.03. The van der Waals surface area contributed by atoms with Crippen molar-refractivity contribution in [3.8, 4) is 0 Å². The molecule has 19 heteroatoms. The van der Waals surface area contributed by atoms with Gasteiger partial charge in [0.05, 0.1) is 35.6 Å². The van der Waals surface area contributed by atoms with Crippen molar-refractivity contribution in [2.24, 2.45) is 0 Å². The number of aliphatic hydroxyl groups excluding tert-OH is 2. The molecule has 0 saturated carbocycles. The SMILES string of the molecule is O=C(CSCSCCS(=O)CSCSCSCSC(=O)CSCSCC(=O)SCCSCCO)SCCSCCO. The Hall–Kier alpha value is 3.28. The average Bonchev–Trinajstić information content (AvgIpc) is 2.95. The van der Waals surface area contributed by atoms with Gasteiger partial charge in [0.2, 0.25) is 0 Å². The molecule has 0 aliphatic heterocycles. The van der Waals surface area contributed by atoms with Crippen LogP contribution in [0.1, 0.15) is 0 Å². The van der Waals surface area contributed by atoms with Crippen LogP contribution in [-0.4, -0.2) is 137 Å². The van der Waals surface area contributed by atoms with Crippen LogP contribution in [0.5, 0.6) is 0 Å². The van der Waals surface area contributed by atoms with E-state index in [9.17, 15) is 18.6 Å². The van der Waals surface area contributed by atoms with E-state index in [0.717, 1.165) is 59.9 Å². The van der Waals surface area contributed by atoms with Crippen LogP contribution in [0.25, 0.3) is 0 Å². The summed E-state index contributed by atoms with van der Waals surface area (Å²) in [6.07, 6.45) is 0. The lowest BCUT2D eigenvalue weighted by Gasteiger charge is -2.04. The van der Waals surface area contributed by atoms with E-state index < -0.39 is 10.8 Å². The molecule has 2 N–H and O–H groups in total. The van der Waals surface area contributed by atoms with Gasteiger partial charge in [0.1, 0.15) is 0 Å². The number of carbonyl (C=O) groups excluding carboxylic acids is 3. The van der Waals surface area contributed by atoms with Crippen LogP contribution in [0.15, 0.2) is 0 Å². The quantitative estimate of drug-likeness (QED) is 0.0646. The van der Waals surface area contributed by atoms with Crippen LogP contribution in [-0.2, 0) is 25.2 Å². The maximum atomic E-state index is 12.1. The predicted molar refractivity (Wildman–Crippen MR) is 211 cm³/mol. The van der Waals surface area contributed by atoms with Gasteiger partial charge in [-0.2, -0.15) is 35.3 Å². The standard InChI is InChI=1S/C22H40O6S13/c23-1-3-29-5-7-38-20(25)11-32-14-31-9-10-41(28)19-37-17-35-16-36-18-40-22(27)13-34-15-33-12-21(26)39-8-6-30-4-2-24/h23-24H,1-19H2. The van der Waals surface area contributed by atoms with Crippen LogP contribution in [0, 0.1) is 0 Å². The summed E-state index contributed by atoms with van der Waals surface area (Å²) in [5.74, 6) is 7.74. The summed E-state index contributed by atoms with van der Waals surface area (Å²) >= 11 is 19.0. The van der Waals surface area contributed by atoms with Crippen LogP contribution in [0.4, 0.5) is 0 Å². The molecule has 0 rings (SSSR count). The minimum atomic E-state index is -0.827. The molecule has 0 radical (unpaired) electrons. The van der Waals surface area contributed by atoms with E-state index in [0.29, 0.717) is 33.8 Å². The highest BCUT2D eigenvalue weighted by atomic mass is 32.3. The van der Waals surface area contributed by atoms with E-state index in [2.05, 4.69) is 0 Å². The summed E-state index contributed by atoms with van der Waals surface area (Å²) in [5, 5.41) is 22.8. The van der Waals surface area contributed by atoms with Crippen molar-refractivity contribution in [3.63, 3.8) is 0 Å². The highest BCUT2D eigenvalue weighted by Crippen LogP contribution is 2.24. The lowest BCUT2D eigenvalue weighted by atomic mass is 10.9. The first-order chi connectivity index (χ1) is 20.0. The summed E-state index contributed by atoms with van der Waals surface area (Å²) in [7, 11) is -0.827. The number of hydrogen-bond acceptors (Lipinski definition) is 18. The summed E-state index contributed by atoms with van der Waals surface area (Å²) in [6, 6.07) is 0. The van der Waals surface area contributed by atoms with E-state index in [-0.39, 0.29) is 28.6 Å². The van der Waals surface area contributed by atoms with Crippen molar-refractivity contribution in [1.29, 1.82) is 0 Å². The van der Waals surface area contributed by atoms with Crippen LogP contribution in [0.2, 0.25) is 0 Å². The zero-order chi connectivity index (χ0) is 30.2. The Morgan fingerprint density at radius 3 is 1.49 bits per heavy atom. The number of carbonyl (C=O) groups is 3. The van der Waals surface area contributed by atoms with Crippen LogP contribution < -0.4 is 0 Å². The summed E-state index contributed by atoms with van der Waals surface area (Å²) < 4.78 is 12.1. The van der Waals surface area contributed by atoms with E-state index in [4.69, 9.17) is 10.2 Å². The second-order valence-electron chi connectivity index (χ2n) is 7.05. The van der Waals surface area contributed by atoms with Crippen molar-refractivity contribution < 1.29 is 28.8 Å². The van der Waals surface area contributed by atoms with E-state index in [1.807, 2.05) is 0 Å². The number of rotatable bonds is 31. The predicted octanol–water partition coefficient (Wildman–Crippen LogP) is 5.84. The maximum absolute atomic E-state index is 12.1. The fourth-order valence-electron chi connectivity index (χ4n) is 2.07. The van der Waals surface area contributed by atoms with Crippen LogP contribution in [0.3, 0.4) is 0 Å². The van der Waals surface area contributed by atoms with Gasteiger partial charge in [0.15, 0.2) is 15.3 Å². The normalized spacial score (nSPS) is 12.0. The molecule has 41 heavy (non-hydrogen) atoms. The zero-order valence-corrected chi connectivity index (χ0v) is 33.4. The van der Waals surface area contributed by atoms with E-state index in [1.54, 1.807) is 106 Å². The van der Waals surface area contributed by atoms with Gasteiger partial charge in [-0.05, 0) is 0 Å². The van der Waals surface area contributed by atoms with Crippen molar-refractivity contribution in [2.45, 2.75) is 0 Å². The second-order valence-corrected chi connectivity index (χ2v) is 23.6. The smallest absolute Gasteiger partial charge is 0.199 e. The first-order valence-electron chi connectivity index (χ1n) is 12.2. The molecule has 0 aromatic carbocycles. The molecule has 0 amide bonds. The van der Waals surface area contributed by atoms with Gasteiger partial charge in [0.25, 0.3) is 0 Å².